The Bertz CT molecular complexity index is 852. The number of benzene rings is 2. The van der Waals surface area contributed by atoms with Crippen LogP contribution in [0.2, 0.25) is 0 Å². The highest BCUT2D eigenvalue weighted by atomic mass is 32.2. The number of fused-ring (bicyclic) bond motifs is 1. The topological polar surface area (TPSA) is 66.4 Å². The van der Waals surface area contributed by atoms with Gasteiger partial charge in [-0.15, -0.1) is 18.2 Å². The van der Waals surface area contributed by atoms with Crippen LogP contribution in [0.5, 0.6) is 0 Å². The number of carboxylic acid groups (broad SMARTS) is 1. The number of rotatable bonds is 7. The van der Waals surface area contributed by atoms with Gasteiger partial charge in [-0.1, -0.05) is 30.2 Å². The molecule has 0 aliphatic heterocycles. The number of thioether (sulfide) groups is 1. The predicted molar refractivity (Wildman–Crippen MR) is 99.6 cm³/mol. The van der Waals surface area contributed by atoms with Crippen LogP contribution in [0.15, 0.2) is 41.3 Å². The Kier molecular flexibility index (Phi) is 5.30. The van der Waals surface area contributed by atoms with Crippen LogP contribution in [0.1, 0.15) is 24.3 Å². The Morgan fingerprint density at radius 2 is 2.12 bits per heavy atom. The zero-order valence-corrected chi connectivity index (χ0v) is 14.5. The second kappa shape index (κ2) is 7.62. The Labute approximate surface area is 151 Å². The summed E-state index contributed by atoms with van der Waals surface area (Å²) in [5, 5.41) is 14.3. The lowest BCUT2D eigenvalue weighted by atomic mass is 9.93. The van der Waals surface area contributed by atoms with Crippen molar-refractivity contribution in [1.29, 1.82) is 0 Å². The van der Waals surface area contributed by atoms with Gasteiger partial charge >= 0.3 is 5.97 Å². The summed E-state index contributed by atoms with van der Waals surface area (Å²) < 4.78 is 0. The number of carbonyl (C=O) groups excluding carboxylic acids is 1. The van der Waals surface area contributed by atoms with E-state index in [1.54, 1.807) is 11.8 Å². The summed E-state index contributed by atoms with van der Waals surface area (Å²) in [7, 11) is 0. The van der Waals surface area contributed by atoms with Crippen molar-refractivity contribution in [2.75, 3.05) is 12.3 Å². The third-order valence-electron chi connectivity index (χ3n) is 4.31. The molecule has 0 radical (unpaired) electrons. The number of amides is 1. The number of hydrogen-bond donors (Lipinski definition) is 2. The van der Waals surface area contributed by atoms with Crippen molar-refractivity contribution in [1.82, 2.24) is 5.32 Å². The summed E-state index contributed by atoms with van der Waals surface area (Å²) in [6, 6.07) is 11.6. The molecule has 25 heavy (non-hydrogen) atoms. The first-order chi connectivity index (χ1) is 12.1. The van der Waals surface area contributed by atoms with Crippen LogP contribution in [0, 0.1) is 18.3 Å². The van der Waals surface area contributed by atoms with Crippen molar-refractivity contribution in [2.24, 2.45) is 5.92 Å². The fourth-order valence-electron chi connectivity index (χ4n) is 2.82. The molecule has 1 atom stereocenters. The van der Waals surface area contributed by atoms with Gasteiger partial charge in [-0.05, 0) is 41.3 Å². The summed E-state index contributed by atoms with van der Waals surface area (Å²) in [4.78, 5) is 24.7. The molecule has 0 heterocycles. The van der Waals surface area contributed by atoms with E-state index in [1.165, 1.54) is 0 Å². The smallest absolute Gasteiger partial charge is 0.312 e. The Hall–Kier alpha value is -2.45. The molecule has 2 N–H and O–H groups in total. The molecule has 1 fully saturated rings. The van der Waals surface area contributed by atoms with E-state index in [4.69, 9.17) is 6.42 Å². The number of nitrogens with one attached hydrogen (secondary N) is 1. The molecule has 0 aromatic heterocycles. The summed E-state index contributed by atoms with van der Waals surface area (Å²) in [6.45, 7) is 0.103. The van der Waals surface area contributed by atoms with Crippen LogP contribution < -0.4 is 5.32 Å². The van der Waals surface area contributed by atoms with E-state index in [-0.39, 0.29) is 18.4 Å². The molecule has 128 valence electrons. The van der Waals surface area contributed by atoms with Crippen molar-refractivity contribution >= 4 is 34.4 Å². The summed E-state index contributed by atoms with van der Waals surface area (Å²) in [5.41, 5.74) is 0.712. The maximum absolute atomic E-state index is 11.9. The first kappa shape index (κ1) is 17.4. The SMILES string of the molecule is C#CCSc1ccc2cccc(C(CNC(=O)C3CC3)C(=O)O)c2c1. The minimum absolute atomic E-state index is 0.0447. The average Bonchev–Trinajstić information content (AvgIpc) is 3.45. The van der Waals surface area contributed by atoms with Crippen LogP contribution >= 0.6 is 11.8 Å². The van der Waals surface area contributed by atoms with E-state index in [9.17, 15) is 14.7 Å². The third kappa shape index (κ3) is 4.15. The molecular formula is C20H19NO3S. The maximum atomic E-state index is 11.9. The molecule has 0 saturated heterocycles. The largest absolute Gasteiger partial charge is 0.481 e. The van der Waals surface area contributed by atoms with E-state index in [1.807, 2.05) is 36.4 Å². The van der Waals surface area contributed by atoms with Gasteiger partial charge < -0.3 is 10.4 Å². The van der Waals surface area contributed by atoms with Gasteiger partial charge in [-0.25, -0.2) is 0 Å². The predicted octanol–water partition coefficient (Wildman–Crippen LogP) is 3.26. The zero-order chi connectivity index (χ0) is 17.8. The molecule has 1 aliphatic carbocycles. The van der Waals surface area contributed by atoms with Crippen molar-refractivity contribution in [3.63, 3.8) is 0 Å². The van der Waals surface area contributed by atoms with Gasteiger partial charge in [0, 0.05) is 17.4 Å². The lowest BCUT2D eigenvalue weighted by Gasteiger charge is -2.16. The fourth-order valence-corrected chi connectivity index (χ4v) is 3.43. The summed E-state index contributed by atoms with van der Waals surface area (Å²) in [5.74, 6) is 1.45. The van der Waals surface area contributed by atoms with Gasteiger partial charge in [0.05, 0.1) is 11.7 Å². The first-order valence-electron chi connectivity index (χ1n) is 8.19. The molecule has 5 heteroatoms. The quantitative estimate of drug-likeness (QED) is 0.592. The van der Waals surface area contributed by atoms with E-state index in [0.717, 1.165) is 28.5 Å². The van der Waals surface area contributed by atoms with Crippen molar-refractivity contribution in [3.8, 4) is 12.3 Å². The molecule has 0 spiro atoms. The summed E-state index contributed by atoms with van der Waals surface area (Å²) in [6.07, 6.45) is 7.11. The molecule has 2 aromatic carbocycles. The van der Waals surface area contributed by atoms with E-state index >= 15 is 0 Å². The minimum atomic E-state index is -0.940. The van der Waals surface area contributed by atoms with Crippen LogP contribution in [-0.4, -0.2) is 29.3 Å². The lowest BCUT2D eigenvalue weighted by molar-refractivity contribution is -0.138. The van der Waals surface area contributed by atoms with Gasteiger partial charge in [-0.3, -0.25) is 9.59 Å². The maximum Gasteiger partial charge on any atom is 0.312 e. The van der Waals surface area contributed by atoms with Gasteiger partial charge in [0.2, 0.25) is 5.91 Å². The van der Waals surface area contributed by atoms with Gasteiger partial charge in [0.1, 0.15) is 0 Å². The van der Waals surface area contributed by atoms with Crippen LogP contribution in [0.4, 0.5) is 0 Å². The van der Waals surface area contributed by atoms with Crippen LogP contribution in [0.3, 0.4) is 0 Å². The number of carbonyl (C=O) groups is 2. The standard InChI is InChI=1S/C20H19NO3S/c1-2-10-25-15-9-8-13-4-3-5-16(17(13)11-15)18(20(23)24)12-21-19(22)14-6-7-14/h1,3-5,8-9,11,14,18H,6-7,10,12H2,(H,21,22)(H,23,24). The fraction of sp³-hybridized carbons (Fsp3) is 0.300. The minimum Gasteiger partial charge on any atom is -0.481 e. The zero-order valence-electron chi connectivity index (χ0n) is 13.7. The number of terminal acetylenes is 1. The Morgan fingerprint density at radius 3 is 2.80 bits per heavy atom. The molecule has 1 aliphatic rings. The molecule has 2 aromatic rings. The number of aliphatic carboxylic acids is 1. The van der Waals surface area contributed by atoms with Crippen molar-refractivity contribution < 1.29 is 14.7 Å². The van der Waals surface area contributed by atoms with Gasteiger partial charge in [0.15, 0.2) is 0 Å². The second-order valence-corrected chi connectivity index (χ2v) is 7.18. The Balaban J connectivity index is 1.90. The molecule has 4 nitrogen and oxygen atoms in total. The summed E-state index contributed by atoms with van der Waals surface area (Å²) >= 11 is 1.54. The highest BCUT2D eigenvalue weighted by Crippen LogP contribution is 2.31. The van der Waals surface area contributed by atoms with E-state index in [0.29, 0.717) is 11.3 Å². The molecular weight excluding hydrogens is 334 g/mol. The Morgan fingerprint density at radius 1 is 1.32 bits per heavy atom. The van der Waals surface area contributed by atoms with Gasteiger partial charge in [-0.2, -0.15) is 0 Å². The molecule has 1 amide bonds. The van der Waals surface area contributed by atoms with Crippen LogP contribution in [0.25, 0.3) is 10.8 Å². The normalized spacial score (nSPS) is 14.7. The third-order valence-corrected chi connectivity index (χ3v) is 5.21. The molecule has 0 bridgehead atoms. The lowest BCUT2D eigenvalue weighted by Crippen LogP contribution is -2.32. The van der Waals surface area contributed by atoms with E-state index in [2.05, 4.69) is 11.2 Å². The highest BCUT2D eigenvalue weighted by molar-refractivity contribution is 7.99. The average molecular weight is 353 g/mol. The molecule has 1 saturated carbocycles. The second-order valence-electron chi connectivity index (χ2n) is 6.13. The first-order valence-corrected chi connectivity index (χ1v) is 9.18. The van der Waals surface area contributed by atoms with Crippen molar-refractivity contribution in [3.05, 3.63) is 42.0 Å². The van der Waals surface area contributed by atoms with Gasteiger partial charge in [0.25, 0.3) is 0 Å². The molecule has 1 unspecified atom stereocenters. The number of carboxylic acids is 1. The van der Waals surface area contributed by atoms with Crippen LogP contribution in [-0.2, 0) is 9.59 Å². The highest BCUT2D eigenvalue weighted by Gasteiger charge is 2.31. The monoisotopic (exact) mass is 353 g/mol. The van der Waals surface area contributed by atoms with Crippen molar-refractivity contribution in [2.45, 2.75) is 23.7 Å². The van der Waals surface area contributed by atoms with E-state index < -0.39 is 11.9 Å². The number of hydrogen-bond acceptors (Lipinski definition) is 3. The molecule has 3 rings (SSSR count).